The maximum absolute atomic E-state index is 6.27. The van der Waals surface area contributed by atoms with Gasteiger partial charge in [-0.05, 0) is 62.8 Å². The van der Waals surface area contributed by atoms with Crippen LogP contribution in [0.3, 0.4) is 0 Å². The van der Waals surface area contributed by atoms with Crippen LogP contribution in [0.25, 0.3) is 16.6 Å². The van der Waals surface area contributed by atoms with E-state index in [1.807, 2.05) is 6.07 Å². The van der Waals surface area contributed by atoms with Gasteiger partial charge in [-0.25, -0.2) is 9.13 Å². The molecule has 3 heterocycles. The molecule has 156 valence electrons. The first-order chi connectivity index (χ1) is 14.1. The third-order valence-electron chi connectivity index (χ3n) is 5.87. The molecule has 0 radical (unpaired) electrons. The second-order valence-corrected chi connectivity index (χ2v) is 8.05. The van der Waals surface area contributed by atoms with Crippen molar-refractivity contribution in [1.82, 2.24) is 4.57 Å². The molecule has 0 unspecified atom stereocenters. The van der Waals surface area contributed by atoms with Crippen LogP contribution in [0.2, 0.25) is 5.02 Å². The Balaban J connectivity index is 0.00000218. The fourth-order valence-corrected chi connectivity index (χ4v) is 4.71. The zero-order valence-corrected chi connectivity index (χ0v) is 20.4. The zero-order valence-electron chi connectivity index (χ0n) is 17.5. The summed E-state index contributed by atoms with van der Waals surface area (Å²) in [6.45, 7) is 9.24. The Hall–Kier alpha value is -1.99. The number of halogens is 2. The first-order valence-electron chi connectivity index (χ1n) is 10.3. The van der Waals surface area contributed by atoms with Crippen LogP contribution in [0.4, 0.5) is 5.69 Å². The number of anilines is 1. The van der Waals surface area contributed by atoms with E-state index in [9.17, 15) is 0 Å². The Morgan fingerprint density at radius 3 is 2.73 bits per heavy atom. The van der Waals surface area contributed by atoms with Crippen LogP contribution in [0.15, 0.2) is 54.4 Å². The zero-order chi connectivity index (χ0) is 20.1. The Morgan fingerprint density at radius 2 is 1.97 bits per heavy atom. The van der Waals surface area contributed by atoms with Gasteiger partial charge < -0.3 is 33.6 Å². The van der Waals surface area contributed by atoms with Crippen LogP contribution in [0, 0.1) is 6.92 Å². The smallest absolute Gasteiger partial charge is 0.285 e. The molecule has 3 aromatic rings. The van der Waals surface area contributed by atoms with E-state index < -0.39 is 0 Å². The minimum atomic E-state index is 0. The van der Waals surface area contributed by atoms with Crippen molar-refractivity contribution in [1.29, 1.82) is 0 Å². The quantitative estimate of drug-likeness (QED) is 0.381. The molecule has 0 N–H and O–H groups in total. The molecule has 1 aromatic heterocycles. The summed E-state index contributed by atoms with van der Waals surface area (Å²) in [7, 11) is 0. The molecule has 2 aromatic carbocycles. The van der Waals surface area contributed by atoms with Gasteiger partial charge in [-0.15, -0.1) is 0 Å². The molecule has 0 spiro atoms. The predicted octanol–water partition coefficient (Wildman–Crippen LogP) is 2.46. The fourth-order valence-electron chi connectivity index (χ4n) is 4.54. The van der Waals surface area contributed by atoms with Crippen molar-refractivity contribution in [3.63, 3.8) is 0 Å². The van der Waals surface area contributed by atoms with Gasteiger partial charge in [-0.2, -0.15) is 0 Å². The highest BCUT2D eigenvalue weighted by Gasteiger charge is 2.32. The molecule has 4 nitrogen and oxygen atoms in total. The number of rotatable bonds is 3. The van der Waals surface area contributed by atoms with Crippen molar-refractivity contribution < 1.29 is 33.3 Å². The average molecular weight is 534 g/mol. The van der Waals surface area contributed by atoms with E-state index in [1.54, 1.807) is 0 Å². The van der Waals surface area contributed by atoms with Crippen LogP contribution in [0.1, 0.15) is 31.7 Å². The lowest BCUT2D eigenvalue weighted by Gasteiger charge is -2.15. The second kappa shape index (κ2) is 8.27. The van der Waals surface area contributed by atoms with E-state index in [0.717, 1.165) is 48.4 Å². The lowest BCUT2D eigenvalue weighted by molar-refractivity contribution is -0.670. The Kier molecular flexibility index (Phi) is 5.86. The number of ether oxygens (including phenoxy) is 1. The third-order valence-corrected chi connectivity index (χ3v) is 6.10. The number of benzene rings is 2. The lowest BCUT2D eigenvalue weighted by Crippen LogP contribution is -3.00. The topological polar surface area (TPSA) is 21.3 Å². The first-order valence-corrected chi connectivity index (χ1v) is 10.7. The lowest BCUT2D eigenvalue weighted by atomic mass is 10.2. The largest absolute Gasteiger partial charge is 1.00 e. The van der Waals surface area contributed by atoms with Gasteiger partial charge in [0, 0.05) is 29.6 Å². The molecule has 0 aliphatic carbocycles. The second-order valence-electron chi connectivity index (χ2n) is 7.62. The molecule has 0 fully saturated rings. The van der Waals surface area contributed by atoms with E-state index in [4.69, 9.17) is 16.3 Å². The van der Waals surface area contributed by atoms with Gasteiger partial charge >= 0.3 is 0 Å². The number of allylic oxidation sites excluding steroid dienone is 3. The molecule has 5 rings (SSSR count). The Morgan fingerprint density at radius 1 is 1.13 bits per heavy atom. The summed E-state index contributed by atoms with van der Waals surface area (Å²) in [5.74, 6) is 3.10. The van der Waals surface area contributed by atoms with Gasteiger partial charge in [0.1, 0.15) is 0 Å². The molecule has 0 saturated carbocycles. The maximum Gasteiger partial charge on any atom is 0.285 e. The van der Waals surface area contributed by atoms with E-state index in [0.29, 0.717) is 0 Å². The number of aromatic nitrogens is 2. The minimum Gasteiger partial charge on any atom is -1.00 e. The van der Waals surface area contributed by atoms with Crippen molar-refractivity contribution in [2.75, 3.05) is 11.4 Å². The highest BCUT2D eigenvalue weighted by atomic mass is 127. The van der Waals surface area contributed by atoms with Crippen molar-refractivity contribution in [2.45, 2.75) is 40.3 Å². The SMILES string of the molecule is CCN1C(=CC=C2CCn3c2[n+](CC)c2cc(Cl)ccc23)Oc2ccc(C)cc21.[I-]. The summed E-state index contributed by atoms with van der Waals surface area (Å²) in [4.78, 5) is 2.23. The van der Waals surface area contributed by atoms with Gasteiger partial charge in [0.15, 0.2) is 16.8 Å². The highest BCUT2D eigenvalue weighted by Crippen LogP contribution is 2.39. The third kappa shape index (κ3) is 3.32. The van der Waals surface area contributed by atoms with E-state index in [2.05, 4.69) is 77.3 Å². The summed E-state index contributed by atoms with van der Waals surface area (Å²) < 4.78 is 10.9. The van der Waals surface area contributed by atoms with Crippen molar-refractivity contribution in [3.05, 3.63) is 70.8 Å². The molecule has 0 amide bonds. The van der Waals surface area contributed by atoms with Crippen molar-refractivity contribution in [3.8, 4) is 5.75 Å². The van der Waals surface area contributed by atoms with Crippen molar-refractivity contribution >= 4 is 33.9 Å². The number of hydrogen-bond donors (Lipinski definition) is 0. The molecular weight excluding hydrogens is 509 g/mol. The number of aryl methyl sites for hydroxylation is 3. The Labute approximate surface area is 199 Å². The van der Waals surface area contributed by atoms with Gasteiger partial charge in [0.05, 0.1) is 18.8 Å². The molecule has 0 saturated heterocycles. The normalized spacial score (nSPS) is 17.4. The Bertz CT molecular complexity index is 1190. The van der Waals surface area contributed by atoms with E-state index in [-0.39, 0.29) is 24.0 Å². The summed E-state index contributed by atoms with van der Waals surface area (Å²) in [6.07, 6.45) is 5.37. The number of nitrogens with zero attached hydrogens (tertiary/aromatic N) is 3. The minimum absolute atomic E-state index is 0. The van der Waals surface area contributed by atoms with Crippen LogP contribution >= 0.6 is 11.6 Å². The molecule has 0 bridgehead atoms. The summed E-state index contributed by atoms with van der Waals surface area (Å²) >= 11 is 6.27. The molecule has 2 aliphatic rings. The van der Waals surface area contributed by atoms with Gasteiger partial charge in [0.25, 0.3) is 5.82 Å². The van der Waals surface area contributed by atoms with Gasteiger partial charge in [0.2, 0.25) is 5.88 Å². The summed E-state index contributed by atoms with van der Waals surface area (Å²) in [5.41, 5.74) is 6.17. The van der Waals surface area contributed by atoms with Crippen LogP contribution < -0.4 is 38.2 Å². The van der Waals surface area contributed by atoms with Crippen LogP contribution in [0.5, 0.6) is 5.75 Å². The first kappa shape index (κ1) is 21.2. The molecule has 30 heavy (non-hydrogen) atoms. The number of imidazole rings is 1. The monoisotopic (exact) mass is 533 g/mol. The standard InChI is InChI=1S/C24H25ClN3O.HI/c1-4-26-21-14-16(3)6-10-22(21)29-23(26)11-7-17-12-13-28-19-9-8-18(25)15-20(19)27(5-2)24(17)28;/h6-11,14-15H,4-5,12-13H2,1-3H3;1H/q+1;/p-1. The van der Waals surface area contributed by atoms with E-state index >= 15 is 0 Å². The summed E-state index contributed by atoms with van der Waals surface area (Å²) in [6, 6.07) is 12.5. The van der Waals surface area contributed by atoms with Gasteiger partial charge in [-0.3, -0.25) is 0 Å². The van der Waals surface area contributed by atoms with Crippen molar-refractivity contribution in [2.24, 2.45) is 0 Å². The molecule has 2 aliphatic heterocycles. The summed E-state index contributed by atoms with van der Waals surface area (Å²) in [5, 5.41) is 0.780. The predicted molar refractivity (Wildman–Crippen MR) is 118 cm³/mol. The average Bonchev–Trinajstić information content (AvgIpc) is 3.36. The molecule has 6 heteroatoms. The maximum atomic E-state index is 6.27. The van der Waals surface area contributed by atoms with Crippen LogP contribution in [-0.2, 0) is 13.1 Å². The van der Waals surface area contributed by atoms with Gasteiger partial charge in [-0.1, -0.05) is 17.7 Å². The van der Waals surface area contributed by atoms with E-state index in [1.165, 1.54) is 28.0 Å². The highest BCUT2D eigenvalue weighted by molar-refractivity contribution is 6.31. The van der Waals surface area contributed by atoms with Crippen LogP contribution in [-0.4, -0.2) is 11.1 Å². The number of fused-ring (bicyclic) bond motifs is 4. The molecule has 0 atom stereocenters. The number of hydrogen-bond acceptors (Lipinski definition) is 2. The molecular formula is C24H25ClIN3O. The fraction of sp³-hybridized carbons (Fsp3) is 0.292.